The molecule has 1 N–H and O–H groups in total. The topological polar surface area (TPSA) is 140 Å². The number of nitrogens with zero attached hydrogens (tertiary/aromatic N) is 4. The predicted molar refractivity (Wildman–Crippen MR) is 124 cm³/mol. The Balaban J connectivity index is 1.94. The standard InChI is InChI=1S/C19H19ClF3N5O6S2/c1-10-9-28-16(24-17(10)34-36(32,33)19(21,22)23)8-15(25-28)11(2)27(3)18(29)13-7-12(20)5-6-14(13)26-35(4,30)31/h5-9,11,26H,1-4H3/t11-/m0/s1. The molecule has 1 atom stereocenters. The molecule has 17 heteroatoms. The van der Waals surface area contributed by atoms with Gasteiger partial charge in [-0.2, -0.15) is 31.7 Å². The fourth-order valence-corrected chi connectivity index (χ4v) is 4.22. The van der Waals surface area contributed by atoms with E-state index in [1.54, 1.807) is 6.92 Å². The Morgan fingerprint density at radius 1 is 1.22 bits per heavy atom. The lowest BCUT2D eigenvalue weighted by Crippen LogP contribution is -2.31. The van der Waals surface area contributed by atoms with E-state index in [-0.39, 0.29) is 33.2 Å². The average Bonchev–Trinajstić information content (AvgIpc) is 3.14. The number of benzene rings is 1. The van der Waals surface area contributed by atoms with Crippen molar-refractivity contribution in [2.24, 2.45) is 0 Å². The summed E-state index contributed by atoms with van der Waals surface area (Å²) < 4.78 is 91.7. The molecule has 196 valence electrons. The molecule has 3 rings (SSSR count). The molecule has 0 aliphatic heterocycles. The number of amides is 1. The van der Waals surface area contributed by atoms with Crippen molar-refractivity contribution in [2.75, 3.05) is 18.0 Å². The molecular formula is C19H19ClF3N5O6S2. The van der Waals surface area contributed by atoms with Gasteiger partial charge in [0.15, 0.2) is 5.65 Å². The Morgan fingerprint density at radius 3 is 2.44 bits per heavy atom. The first-order valence-electron chi connectivity index (χ1n) is 9.82. The minimum atomic E-state index is -5.93. The Kier molecular flexibility index (Phi) is 7.18. The maximum absolute atomic E-state index is 13.2. The van der Waals surface area contributed by atoms with Gasteiger partial charge in [0.05, 0.1) is 29.2 Å². The smallest absolute Gasteiger partial charge is 0.355 e. The minimum Gasteiger partial charge on any atom is -0.355 e. The third-order valence-electron chi connectivity index (χ3n) is 4.91. The van der Waals surface area contributed by atoms with Crippen LogP contribution in [0.25, 0.3) is 5.65 Å². The van der Waals surface area contributed by atoms with E-state index in [1.165, 1.54) is 53.8 Å². The summed E-state index contributed by atoms with van der Waals surface area (Å²) in [4.78, 5) is 18.2. The Bertz CT molecular complexity index is 1560. The highest BCUT2D eigenvalue weighted by atomic mass is 35.5. The highest BCUT2D eigenvalue weighted by Gasteiger charge is 2.49. The van der Waals surface area contributed by atoms with Crippen LogP contribution in [0.3, 0.4) is 0 Å². The molecule has 0 fully saturated rings. The van der Waals surface area contributed by atoms with Crippen molar-refractivity contribution in [1.29, 1.82) is 0 Å². The Labute approximate surface area is 209 Å². The number of anilines is 1. The van der Waals surface area contributed by atoms with Gasteiger partial charge < -0.3 is 9.08 Å². The zero-order valence-electron chi connectivity index (χ0n) is 19.0. The van der Waals surface area contributed by atoms with Gasteiger partial charge in [0.25, 0.3) is 5.91 Å². The van der Waals surface area contributed by atoms with E-state index < -0.39 is 43.5 Å². The number of aryl methyl sites for hydroxylation is 1. The zero-order chi connectivity index (χ0) is 27.2. The van der Waals surface area contributed by atoms with Crippen molar-refractivity contribution in [3.05, 3.63) is 52.3 Å². The molecule has 2 heterocycles. The van der Waals surface area contributed by atoms with E-state index in [0.29, 0.717) is 0 Å². The molecule has 11 nitrogen and oxygen atoms in total. The van der Waals surface area contributed by atoms with Gasteiger partial charge in [-0.1, -0.05) is 11.6 Å². The summed E-state index contributed by atoms with van der Waals surface area (Å²) in [5.41, 5.74) is -5.51. The van der Waals surface area contributed by atoms with E-state index in [9.17, 15) is 34.8 Å². The molecule has 0 saturated carbocycles. The van der Waals surface area contributed by atoms with Gasteiger partial charge in [-0.3, -0.25) is 9.52 Å². The molecule has 0 unspecified atom stereocenters. The van der Waals surface area contributed by atoms with Gasteiger partial charge in [-0.15, -0.1) is 0 Å². The number of hydrogen-bond acceptors (Lipinski definition) is 8. The van der Waals surface area contributed by atoms with E-state index in [1.807, 2.05) is 0 Å². The van der Waals surface area contributed by atoms with Crippen LogP contribution in [0.5, 0.6) is 5.88 Å². The van der Waals surface area contributed by atoms with Gasteiger partial charge in [0.2, 0.25) is 15.9 Å². The van der Waals surface area contributed by atoms with Crippen molar-refractivity contribution in [1.82, 2.24) is 19.5 Å². The fraction of sp³-hybridized carbons (Fsp3) is 0.316. The molecule has 0 aliphatic carbocycles. The summed E-state index contributed by atoms with van der Waals surface area (Å²) in [7, 11) is -8.22. The lowest BCUT2D eigenvalue weighted by Gasteiger charge is -2.24. The molecule has 0 saturated heterocycles. The van der Waals surface area contributed by atoms with Crippen LogP contribution in [0, 0.1) is 6.92 Å². The Morgan fingerprint density at radius 2 is 1.86 bits per heavy atom. The van der Waals surface area contributed by atoms with E-state index in [4.69, 9.17) is 11.6 Å². The lowest BCUT2D eigenvalue weighted by atomic mass is 10.1. The highest BCUT2D eigenvalue weighted by molar-refractivity contribution is 7.92. The summed E-state index contributed by atoms with van der Waals surface area (Å²) in [6.45, 7) is 2.87. The SMILES string of the molecule is Cc1cn2nc([C@H](C)N(C)C(=O)c3cc(Cl)ccc3NS(C)(=O)=O)cc2nc1OS(=O)(=O)C(F)(F)F. The van der Waals surface area contributed by atoms with Crippen LogP contribution in [0.4, 0.5) is 18.9 Å². The van der Waals surface area contributed by atoms with E-state index in [2.05, 4.69) is 19.0 Å². The second-order valence-electron chi connectivity index (χ2n) is 7.74. The van der Waals surface area contributed by atoms with Gasteiger partial charge in [-0.25, -0.2) is 12.9 Å². The summed E-state index contributed by atoms with van der Waals surface area (Å²) in [6, 6.07) is 4.62. The number of halogens is 4. The maximum Gasteiger partial charge on any atom is 0.534 e. The number of sulfonamides is 1. The fourth-order valence-electron chi connectivity index (χ4n) is 3.00. The summed E-state index contributed by atoms with van der Waals surface area (Å²) >= 11 is 5.99. The van der Waals surface area contributed by atoms with Crippen LogP contribution in [-0.4, -0.2) is 61.1 Å². The first-order chi connectivity index (χ1) is 16.4. The number of aromatic nitrogens is 3. The molecule has 2 aromatic heterocycles. The van der Waals surface area contributed by atoms with Crippen LogP contribution in [0.2, 0.25) is 5.02 Å². The second-order valence-corrected chi connectivity index (χ2v) is 11.5. The normalized spacial score (nSPS) is 13.4. The number of nitrogens with one attached hydrogen (secondary N) is 1. The first kappa shape index (κ1) is 27.5. The van der Waals surface area contributed by atoms with Crippen LogP contribution in [0.1, 0.15) is 34.6 Å². The van der Waals surface area contributed by atoms with Crippen molar-refractivity contribution in [3.8, 4) is 5.88 Å². The Hall–Kier alpha value is -3.11. The average molecular weight is 570 g/mol. The lowest BCUT2D eigenvalue weighted by molar-refractivity contribution is -0.0501. The van der Waals surface area contributed by atoms with Crippen LogP contribution in [-0.2, 0) is 20.1 Å². The summed E-state index contributed by atoms with van der Waals surface area (Å²) in [5.74, 6) is -1.39. The summed E-state index contributed by atoms with van der Waals surface area (Å²) in [5, 5.41) is 4.44. The minimum absolute atomic E-state index is 0.00547. The third kappa shape index (κ3) is 5.82. The van der Waals surface area contributed by atoms with Gasteiger partial charge in [0.1, 0.15) is 0 Å². The zero-order valence-corrected chi connectivity index (χ0v) is 21.4. The van der Waals surface area contributed by atoms with Crippen LogP contribution >= 0.6 is 11.6 Å². The predicted octanol–water partition coefficient (Wildman–Crippen LogP) is 3.12. The first-order valence-corrected chi connectivity index (χ1v) is 13.5. The number of alkyl halides is 3. The second kappa shape index (κ2) is 9.40. The number of hydrogen-bond donors (Lipinski definition) is 1. The molecular weight excluding hydrogens is 551 g/mol. The van der Waals surface area contributed by atoms with Gasteiger partial charge in [0, 0.05) is 29.9 Å². The molecule has 1 amide bonds. The van der Waals surface area contributed by atoms with E-state index in [0.717, 1.165) is 6.26 Å². The van der Waals surface area contributed by atoms with Crippen molar-refractivity contribution in [3.63, 3.8) is 0 Å². The number of carbonyl (C=O) groups excluding carboxylic acids is 1. The van der Waals surface area contributed by atoms with Crippen LogP contribution < -0.4 is 8.91 Å². The number of rotatable bonds is 7. The quantitative estimate of drug-likeness (QED) is 0.338. The van der Waals surface area contributed by atoms with Crippen molar-refractivity contribution < 1.29 is 39.0 Å². The largest absolute Gasteiger partial charge is 0.534 e. The maximum atomic E-state index is 13.2. The summed E-state index contributed by atoms with van der Waals surface area (Å²) in [6.07, 6.45) is 2.14. The van der Waals surface area contributed by atoms with Crippen molar-refractivity contribution >= 4 is 49.0 Å². The number of fused-ring (bicyclic) bond motifs is 1. The van der Waals surface area contributed by atoms with Crippen molar-refractivity contribution in [2.45, 2.75) is 25.4 Å². The molecule has 0 radical (unpaired) electrons. The third-order valence-corrected chi connectivity index (χ3v) is 6.68. The highest BCUT2D eigenvalue weighted by Crippen LogP contribution is 2.30. The molecule has 1 aromatic carbocycles. The monoisotopic (exact) mass is 569 g/mol. The van der Waals surface area contributed by atoms with Crippen LogP contribution in [0.15, 0.2) is 30.5 Å². The molecule has 36 heavy (non-hydrogen) atoms. The molecule has 0 aliphatic rings. The molecule has 0 bridgehead atoms. The van der Waals surface area contributed by atoms with Gasteiger partial charge in [-0.05, 0) is 32.0 Å². The van der Waals surface area contributed by atoms with E-state index >= 15 is 0 Å². The van der Waals surface area contributed by atoms with Gasteiger partial charge >= 0.3 is 15.6 Å². The molecule has 0 spiro atoms. The molecule has 3 aromatic rings. The number of carbonyl (C=O) groups is 1.